The fourth-order valence-electron chi connectivity index (χ4n) is 12.3. The molecule has 0 saturated carbocycles. The van der Waals surface area contributed by atoms with Crippen molar-refractivity contribution in [3.8, 4) is 0 Å². The fourth-order valence-corrected chi connectivity index (χ4v) is 12.3. The van der Waals surface area contributed by atoms with Crippen molar-refractivity contribution in [1.29, 1.82) is 0 Å². The third kappa shape index (κ3) is 19.8. The molecule has 4 heterocycles. The van der Waals surface area contributed by atoms with Gasteiger partial charge in [0.05, 0.1) is 24.5 Å². The van der Waals surface area contributed by atoms with Gasteiger partial charge in [-0.05, 0) is 94.1 Å². The molecule has 0 unspecified atom stereocenters. The minimum atomic E-state index is -0.237. The molecule has 0 N–H and O–H groups in total. The summed E-state index contributed by atoms with van der Waals surface area (Å²) in [5.41, 5.74) is 13.5. The Morgan fingerprint density at radius 3 is 1.23 bits per heavy atom. The molecule has 0 saturated heterocycles. The van der Waals surface area contributed by atoms with Gasteiger partial charge in [-0.25, -0.2) is 0 Å². The van der Waals surface area contributed by atoms with E-state index >= 15 is 0 Å². The van der Waals surface area contributed by atoms with Crippen LogP contribution in [0.2, 0.25) is 0 Å². The number of Topliss-reactive ketones (excluding diaryl/α,β-unsaturated/α-hetero) is 2. The van der Waals surface area contributed by atoms with Gasteiger partial charge in [-0.15, -0.1) is 0 Å². The van der Waals surface area contributed by atoms with E-state index in [1.54, 1.807) is 13.8 Å². The summed E-state index contributed by atoms with van der Waals surface area (Å²) >= 11 is 0. The molecular weight excluding hydrogens is 1300 g/mol. The van der Waals surface area contributed by atoms with Crippen LogP contribution in [-0.2, 0) is 96.7 Å². The van der Waals surface area contributed by atoms with Crippen molar-refractivity contribution in [1.82, 2.24) is 0 Å². The molecule has 0 bridgehead atoms. The fraction of sp³-hybridized carbons (Fsp3) is 0.326. The van der Waals surface area contributed by atoms with Gasteiger partial charge < -0.3 is 19.0 Å². The minimum Gasteiger partial charge on any atom is -0.337 e. The summed E-state index contributed by atoms with van der Waals surface area (Å²) in [5.74, 6) is 0.303. The Hall–Kier alpha value is -6.53. The van der Waals surface area contributed by atoms with Crippen LogP contribution in [0, 0.1) is 26.2 Å². The zero-order valence-electron chi connectivity index (χ0n) is 61.4. The van der Waals surface area contributed by atoms with Crippen LogP contribution in [0.5, 0.6) is 0 Å². The molecule has 494 valence electrons. The number of carbonyl (C=O) groups excluding carboxylic acids is 2. The van der Waals surface area contributed by atoms with E-state index in [0.29, 0.717) is 13.1 Å². The third-order valence-electron chi connectivity index (χ3n) is 16.1. The summed E-state index contributed by atoms with van der Waals surface area (Å²) in [7, 11) is 8.72. The molecule has 0 fully saturated rings. The Morgan fingerprint density at radius 2 is 0.787 bits per heavy atom. The van der Waals surface area contributed by atoms with Gasteiger partial charge in [-0.1, -0.05) is 260 Å². The smallest absolute Gasteiger partial charge is 0.149 e. The van der Waals surface area contributed by atoms with Crippen LogP contribution >= 0.6 is 0 Å². The first-order valence-corrected chi connectivity index (χ1v) is 33.6. The molecule has 0 amide bonds. The van der Waals surface area contributed by atoms with Crippen LogP contribution in [0.1, 0.15) is 175 Å². The molecule has 2 radical (unpaired) electrons. The first kappa shape index (κ1) is 85.5. The van der Waals surface area contributed by atoms with Crippen LogP contribution in [0.3, 0.4) is 0 Å². The predicted octanol–water partition coefficient (Wildman–Crippen LogP) is 22.8. The van der Waals surface area contributed by atoms with Crippen molar-refractivity contribution in [2.24, 2.45) is 0 Å². The maximum atomic E-state index is 12.3. The zero-order chi connectivity index (χ0) is 69.0. The number of rotatable bonds is 8. The van der Waals surface area contributed by atoms with E-state index in [1.807, 2.05) is 154 Å². The number of allylic oxidation sites excluding steroid dienone is 8. The third-order valence-corrected chi connectivity index (χ3v) is 16.1. The van der Waals surface area contributed by atoms with E-state index in [1.165, 1.54) is 43.8 Å². The number of fused-ring (bicyclic) bond motifs is 8. The molecule has 6 nitrogen and oxygen atoms in total. The van der Waals surface area contributed by atoms with Crippen molar-refractivity contribution in [3.63, 3.8) is 0 Å². The molecule has 4 aliphatic rings. The Morgan fingerprint density at radius 1 is 0.404 bits per heavy atom. The minimum absolute atomic E-state index is 0. The zero-order valence-corrected chi connectivity index (χ0v) is 67.0. The monoisotopic (exact) mass is 1410 g/mol. The molecule has 0 atom stereocenters. The van der Waals surface area contributed by atoms with E-state index in [2.05, 4.69) is 248 Å². The first-order chi connectivity index (χ1) is 44.3. The second-order valence-corrected chi connectivity index (χ2v) is 23.1. The van der Waals surface area contributed by atoms with Crippen LogP contribution in [0.15, 0.2) is 230 Å². The number of benzene rings is 8. The summed E-state index contributed by atoms with van der Waals surface area (Å²) in [5, 5.41) is 5.00. The van der Waals surface area contributed by atoms with Crippen LogP contribution in [0.25, 0.3) is 21.5 Å². The van der Waals surface area contributed by atoms with Crippen molar-refractivity contribution < 1.29 is 84.2 Å². The normalized spacial score (nSPS) is 15.4. The molecule has 8 aromatic rings. The summed E-state index contributed by atoms with van der Waals surface area (Å²) in [6, 6.07) is 67.6. The van der Waals surface area contributed by atoms with Gasteiger partial charge in [0.25, 0.3) is 0 Å². The summed E-state index contributed by atoms with van der Waals surface area (Å²) in [6.45, 7) is 46.1. The topological polar surface area (TPSA) is 46.6 Å². The van der Waals surface area contributed by atoms with Gasteiger partial charge in [0.1, 0.15) is 22.9 Å². The Labute approximate surface area is 620 Å². The number of carbonyl (C=O) groups is 2. The second-order valence-electron chi connectivity index (χ2n) is 23.1. The van der Waals surface area contributed by atoms with Crippen molar-refractivity contribution in [2.75, 3.05) is 22.9 Å². The quantitative estimate of drug-likeness (QED) is 0.112. The largest absolute Gasteiger partial charge is 0.337 e. The average Bonchev–Trinajstić information content (AvgIpc) is 1.59. The molecule has 94 heavy (non-hydrogen) atoms. The van der Waals surface area contributed by atoms with Crippen LogP contribution in [0.4, 0.5) is 22.7 Å². The van der Waals surface area contributed by atoms with Gasteiger partial charge in [-0.3, -0.25) is 9.59 Å². The van der Waals surface area contributed by atoms with E-state index in [-0.39, 0.29) is 98.6 Å². The second kappa shape index (κ2) is 41.4. The molecule has 8 heteroatoms. The van der Waals surface area contributed by atoms with Crippen LogP contribution < -0.4 is 9.80 Å². The molecule has 0 aliphatic carbocycles. The van der Waals surface area contributed by atoms with E-state index < -0.39 is 0 Å². The average molecular weight is 1410 g/mol. The van der Waals surface area contributed by atoms with Crippen molar-refractivity contribution in [2.45, 2.75) is 174 Å². The number of hydrogen-bond acceptors (Lipinski definition) is 4. The summed E-state index contributed by atoms with van der Waals surface area (Å²) in [4.78, 5) is 28.7. The Bertz CT molecular complexity index is 3740. The first-order valence-electron chi connectivity index (χ1n) is 33.6. The van der Waals surface area contributed by atoms with E-state index in [0.717, 1.165) is 45.6 Å². The predicted molar refractivity (Wildman–Crippen MR) is 403 cm³/mol. The maximum absolute atomic E-state index is 12.3. The van der Waals surface area contributed by atoms with E-state index in [4.69, 9.17) is 0 Å². The van der Waals surface area contributed by atoms with Crippen molar-refractivity contribution >= 4 is 67.3 Å². The van der Waals surface area contributed by atoms with E-state index in [9.17, 15) is 9.59 Å². The van der Waals surface area contributed by atoms with Gasteiger partial charge in [0.15, 0.2) is 0 Å². The Kier molecular flexibility index (Phi) is 37.7. The molecule has 8 aromatic carbocycles. The number of nitrogens with zero attached hydrogens (tertiary/aromatic N) is 4. The number of ketones is 2. The van der Waals surface area contributed by atoms with Gasteiger partial charge in [-0.2, -0.15) is 72.8 Å². The molecule has 0 spiro atoms. The SMILES string of the molecule is CC.CC.CC.CC.CC.CC.[CH2-][N+]1=C(C=CC=C2N(CC(C)=O)c3ccc4ccccc4c3C2(C)C)C(C)(C)c2ccccc21.[CH2-][N+]1=C(C=CC=C2N(CC(C)=O)c3ccccc3C2(C)C)C(C)(C)c2c1ccc1ccccc21.[Y].[Y].[c-]1ccccc1.[c-]1ccccc1. The van der Waals surface area contributed by atoms with Gasteiger partial charge >= 0.3 is 0 Å². The molecular formula is C86H110N4O2Y2-2. The van der Waals surface area contributed by atoms with Gasteiger partial charge in [0.2, 0.25) is 0 Å². The summed E-state index contributed by atoms with van der Waals surface area (Å²) < 4.78 is 4.11. The molecule has 4 aliphatic heterocycles. The number of anilines is 2. The molecule has 0 aromatic heterocycles. The number of para-hydroxylation sites is 2. The van der Waals surface area contributed by atoms with Crippen molar-refractivity contribution in [3.05, 3.63) is 278 Å². The number of hydrogen-bond donors (Lipinski definition) is 0. The Balaban J connectivity index is 0.000000690. The maximum Gasteiger partial charge on any atom is 0.149 e. The molecule has 12 rings (SSSR count). The van der Waals surface area contributed by atoms with Crippen LogP contribution in [-0.4, -0.2) is 45.2 Å². The van der Waals surface area contributed by atoms with Gasteiger partial charge in [0, 0.05) is 124 Å². The summed E-state index contributed by atoms with van der Waals surface area (Å²) in [6.07, 6.45) is 12.9. The standard InChI is InChI=1S/2C31H32N2O.2C6H5.6C2H6.2Y/c1-21(34)20-33-25-15-10-9-14-24(25)30(2,3)28(33)17-11-16-27-31(4,5)29-23-13-8-7-12-22(23)18-19-26(29)32(27)6;1-21(34)20-33-26-19-18-22-12-7-8-13-23(22)29(26)31(4,5)28(33)17-11-16-27-30(2,3)24-14-9-10-15-25(24)32(27)6;2*1-2-4-6-5-3-1;6*1-2;;/h2*7-19H,6,20H2,1-5H3;2*1-5H;6*1-2H3;;/q;;2*-1;;;;;;;;.